The van der Waals surface area contributed by atoms with E-state index >= 15 is 0 Å². The number of phosphoric acid groups is 2. The SMILES string of the molecule is CCCCCCCCCCCCCCCCCC(=O)OC[C@H](COP(=O)(O)OC[C@@H](O)COP(=O)(O)OC[C@@H](COC(=O)CCCCCCCCCCCC)OC(=O)CCCCCCCCCCCCCC(C)C)OC(=O)CCCCCCCCCCCCCCCCCCC(C)C. The van der Waals surface area contributed by atoms with Crippen molar-refractivity contribution in [3.05, 3.63) is 0 Å². The first-order valence-corrected chi connectivity index (χ1v) is 44.0. The Morgan fingerprint density at radius 3 is 0.694 bits per heavy atom. The first-order valence-electron chi connectivity index (χ1n) is 41.0. The van der Waals surface area contributed by atoms with Crippen molar-refractivity contribution in [3.8, 4) is 0 Å². The highest BCUT2D eigenvalue weighted by atomic mass is 31.2. The summed E-state index contributed by atoms with van der Waals surface area (Å²) in [5, 5.41) is 10.6. The van der Waals surface area contributed by atoms with Crippen molar-refractivity contribution in [1.29, 1.82) is 0 Å². The summed E-state index contributed by atoms with van der Waals surface area (Å²) in [5.41, 5.74) is 0. The zero-order valence-corrected chi connectivity index (χ0v) is 65.9. The van der Waals surface area contributed by atoms with E-state index < -0.39 is 97.5 Å². The van der Waals surface area contributed by atoms with Gasteiger partial charge in [0.1, 0.15) is 19.3 Å². The van der Waals surface area contributed by atoms with Gasteiger partial charge < -0.3 is 33.8 Å². The van der Waals surface area contributed by atoms with Gasteiger partial charge >= 0.3 is 39.5 Å². The largest absolute Gasteiger partial charge is 0.472 e. The highest BCUT2D eigenvalue weighted by Crippen LogP contribution is 2.45. The van der Waals surface area contributed by atoms with E-state index in [4.69, 9.17) is 37.0 Å². The lowest BCUT2D eigenvalue weighted by Gasteiger charge is -2.21. The Morgan fingerprint density at radius 1 is 0.276 bits per heavy atom. The van der Waals surface area contributed by atoms with Crippen molar-refractivity contribution >= 4 is 39.5 Å². The minimum atomic E-state index is -4.96. The average molecular weight is 1440 g/mol. The molecule has 0 spiro atoms. The molecule has 0 aliphatic rings. The molecule has 2 unspecified atom stereocenters. The zero-order chi connectivity index (χ0) is 72.1. The van der Waals surface area contributed by atoms with Crippen molar-refractivity contribution in [1.82, 2.24) is 0 Å². The summed E-state index contributed by atoms with van der Waals surface area (Å²) >= 11 is 0. The van der Waals surface area contributed by atoms with Crippen LogP contribution in [0.4, 0.5) is 0 Å². The van der Waals surface area contributed by atoms with Gasteiger partial charge in [-0.15, -0.1) is 0 Å². The van der Waals surface area contributed by atoms with Crippen molar-refractivity contribution in [3.63, 3.8) is 0 Å². The molecule has 0 aromatic rings. The van der Waals surface area contributed by atoms with Gasteiger partial charge in [-0.2, -0.15) is 0 Å². The molecule has 0 aromatic heterocycles. The fourth-order valence-electron chi connectivity index (χ4n) is 12.2. The van der Waals surface area contributed by atoms with Gasteiger partial charge in [0.25, 0.3) is 0 Å². The minimum Gasteiger partial charge on any atom is -0.462 e. The second-order valence-electron chi connectivity index (χ2n) is 29.4. The van der Waals surface area contributed by atoms with Crippen molar-refractivity contribution in [2.45, 2.75) is 432 Å². The van der Waals surface area contributed by atoms with E-state index in [1.54, 1.807) is 0 Å². The van der Waals surface area contributed by atoms with E-state index in [0.717, 1.165) is 102 Å². The molecule has 0 saturated carbocycles. The maximum Gasteiger partial charge on any atom is 0.472 e. The molecule has 17 nitrogen and oxygen atoms in total. The van der Waals surface area contributed by atoms with Crippen LogP contribution in [-0.4, -0.2) is 96.7 Å². The van der Waals surface area contributed by atoms with Crippen molar-refractivity contribution in [2.75, 3.05) is 39.6 Å². The molecule has 0 rings (SSSR count). The van der Waals surface area contributed by atoms with E-state index in [9.17, 15) is 43.2 Å². The molecular weight excluding hydrogens is 1280 g/mol. The fourth-order valence-corrected chi connectivity index (χ4v) is 13.8. The third kappa shape index (κ3) is 72.4. The van der Waals surface area contributed by atoms with Crippen LogP contribution in [0.5, 0.6) is 0 Å². The van der Waals surface area contributed by atoms with Crippen LogP contribution in [0, 0.1) is 11.8 Å². The van der Waals surface area contributed by atoms with Gasteiger partial charge in [-0.1, -0.05) is 363 Å². The van der Waals surface area contributed by atoms with Gasteiger partial charge in [0.15, 0.2) is 12.2 Å². The molecule has 0 heterocycles. The van der Waals surface area contributed by atoms with E-state index in [2.05, 4.69) is 41.5 Å². The molecule has 0 amide bonds. The van der Waals surface area contributed by atoms with Crippen molar-refractivity contribution in [2.24, 2.45) is 11.8 Å². The molecule has 5 atom stereocenters. The van der Waals surface area contributed by atoms with Crippen LogP contribution in [-0.2, 0) is 65.4 Å². The number of ether oxygens (including phenoxy) is 4. The number of unbranched alkanes of at least 4 members (excludes halogenated alkanes) is 48. The van der Waals surface area contributed by atoms with E-state index in [1.165, 1.54) is 231 Å². The van der Waals surface area contributed by atoms with E-state index in [0.29, 0.717) is 25.7 Å². The maximum absolute atomic E-state index is 13.1. The molecule has 19 heteroatoms. The number of aliphatic hydroxyl groups excluding tert-OH is 1. The summed E-state index contributed by atoms with van der Waals surface area (Å²) in [6.45, 7) is 9.65. The zero-order valence-electron chi connectivity index (χ0n) is 64.1. The Labute approximate surface area is 600 Å². The van der Waals surface area contributed by atoms with Crippen LogP contribution in [0.3, 0.4) is 0 Å². The predicted octanol–water partition coefficient (Wildman–Crippen LogP) is 23.5. The highest BCUT2D eigenvalue weighted by Gasteiger charge is 2.30. The van der Waals surface area contributed by atoms with Gasteiger partial charge in [-0.3, -0.25) is 37.3 Å². The Bertz CT molecular complexity index is 1890. The summed E-state index contributed by atoms with van der Waals surface area (Å²) in [7, 11) is -9.92. The number of hydrogen-bond donors (Lipinski definition) is 3. The topological polar surface area (TPSA) is 237 Å². The molecule has 98 heavy (non-hydrogen) atoms. The van der Waals surface area contributed by atoms with Crippen molar-refractivity contribution < 1.29 is 80.2 Å². The summed E-state index contributed by atoms with van der Waals surface area (Å²) in [5.74, 6) is -0.535. The monoisotopic (exact) mass is 1440 g/mol. The number of carbonyl (C=O) groups is 4. The van der Waals surface area contributed by atoms with Gasteiger partial charge in [0.05, 0.1) is 26.4 Å². The average Bonchev–Trinajstić information content (AvgIpc) is 1.04. The fraction of sp³-hybridized carbons (Fsp3) is 0.949. The normalized spacial score (nSPS) is 13.9. The van der Waals surface area contributed by atoms with Crippen LogP contribution in [0.25, 0.3) is 0 Å². The molecule has 0 saturated heterocycles. The maximum atomic E-state index is 13.1. The molecule has 0 aliphatic heterocycles. The van der Waals surface area contributed by atoms with Gasteiger partial charge in [0.2, 0.25) is 0 Å². The number of carbonyl (C=O) groups excluding carboxylic acids is 4. The summed E-state index contributed by atoms with van der Waals surface area (Å²) in [4.78, 5) is 72.9. The lowest BCUT2D eigenvalue weighted by molar-refractivity contribution is -0.161. The number of hydrogen-bond acceptors (Lipinski definition) is 15. The second-order valence-corrected chi connectivity index (χ2v) is 32.3. The Hall–Kier alpha value is -1.94. The molecule has 0 bridgehead atoms. The third-order valence-electron chi connectivity index (χ3n) is 18.5. The quantitative estimate of drug-likeness (QED) is 0.0222. The Balaban J connectivity index is 5.24. The molecule has 582 valence electrons. The van der Waals surface area contributed by atoms with Gasteiger partial charge in [0, 0.05) is 25.7 Å². The highest BCUT2D eigenvalue weighted by molar-refractivity contribution is 7.47. The van der Waals surface area contributed by atoms with Gasteiger partial charge in [-0.25, -0.2) is 9.13 Å². The molecule has 3 N–H and O–H groups in total. The Kier molecular flexibility index (Phi) is 69.3. The van der Waals surface area contributed by atoms with Crippen LogP contribution in [0.1, 0.15) is 414 Å². The Morgan fingerprint density at radius 2 is 0.469 bits per heavy atom. The van der Waals surface area contributed by atoms with E-state index in [1.807, 2.05) is 0 Å². The molecule has 0 aromatic carbocycles. The number of esters is 4. The van der Waals surface area contributed by atoms with Crippen LogP contribution in [0.15, 0.2) is 0 Å². The molecular formula is C79H154O17P2. The summed E-state index contributed by atoms with van der Waals surface area (Å²) in [6.07, 6.45) is 59.5. The number of aliphatic hydroxyl groups is 1. The van der Waals surface area contributed by atoms with Gasteiger partial charge in [-0.05, 0) is 37.5 Å². The smallest absolute Gasteiger partial charge is 0.462 e. The predicted molar refractivity (Wildman–Crippen MR) is 400 cm³/mol. The van der Waals surface area contributed by atoms with Crippen LogP contribution in [0.2, 0.25) is 0 Å². The molecule has 0 aliphatic carbocycles. The molecule has 0 fully saturated rings. The van der Waals surface area contributed by atoms with Crippen LogP contribution >= 0.6 is 15.6 Å². The van der Waals surface area contributed by atoms with Crippen LogP contribution < -0.4 is 0 Å². The molecule has 0 radical (unpaired) electrons. The summed E-state index contributed by atoms with van der Waals surface area (Å²) < 4.78 is 68.6. The van der Waals surface area contributed by atoms with E-state index in [-0.39, 0.29) is 25.7 Å². The summed E-state index contributed by atoms with van der Waals surface area (Å²) in [6, 6.07) is 0. The standard InChI is InChI=1S/C79H154O17P2/c1-7-9-11-13-15-17-19-20-23-27-32-38-44-50-56-62-77(82)90-68-75(95-78(83)63-57-51-45-39-33-28-25-22-21-24-26-30-35-41-47-53-59-71(3)4)70-94-98(87,88)92-66-73(80)65-91-97(85,86)93-69-74(67-89-76(81)61-55-49-43-37-18-16-14-12-10-8-2)96-79(84)64-58-52-46-40-34-29-31-36-42-48-54-60-72(5)6/h71-75,80H,7-70H2,1-6H3,(H,85,86)(H,87,88)/t73-,74+,75+/m0/s1. The third-order valence-corrected chi connectivity index (χ3v) is 20.4. The number of rotatable bonds is 78. The first-order chi connectivity index (χ1) is 47.4. The minimum absolute atomic E-state index is 0.107. The number of phosphoric ester groups is 2. The second kappa shape index (κ2) is 70.7. The lowest BCUT2D eigenvalue weighted by Crippen LogP contribution is -2.30. The first kappa shape index (κ1) is 96.1. The lowest BCUT2D eigenvalue weighted by atomic mass is 10.0.